The van der Waals surface area contributed by atoms with Crippen molar-refractivity contribution in [1.29, 1.82) is 0 Å². The predicted molar refractivity (Wildman–Crippen MR) is 121 cm³/mol. The maximum Gasteiger partial charge on any atom is 0.331 e. The minimum absolute atomic E-state index is 0.195. The summed E-state index contributed by atoms with van der Waals surface area (Å²) < 4.78 is 11.3. The molecule has 1 fully saturated rings. The Morgan fingerprint density at radius 1 is 1.23 bits per heavy atom. The Hall–Kier alpha value is -2.91. The van der Waals surface area contributed by atoms with Crippen molar-refractivity contribution in [2.75, 3.05) is 7.11 Å². The van der Waals surface area contributed by atoms with E-state index in [1.54, 1.807) is 0 Å². The molecule has 0 atom stereocenters. The van der Waals surface area contributed by atoms with Crippen LogP contribution >= 0.6 is 27.7 Å². The summed E-state index contributed by atoms with van der Waals surface area (Å²) in [6.45, 7) is 2.46. The molecule has 1 saturated heterocycles. The monoisotopic (exact) mass is 487 g/mol. The number of hydrogen-bond acceptors (Lipinski definition) is 7. The minimum atomic E-state index is -0.609. The fraction of sp³-hybridized carbons (Fsp3) is 0.143. The van der Waals surface area contributed by atoms with E-state index in [9.17, 15) is 9.59 Å². The first-order chi connectivity index (χ1) is 14.4. The van der Waals surface area contributed by atoms with Crippen molar-refractivity contribution < 1.29 is 19.1 Å². The van der Waals surface area contributed by atoms with E-state index in [1.165, 1.54) is 18.9 Å². The van der Waals surface area contributed by atoms with Crippen LogP contribution in [0, 0.1) is 6.92 Å². The molecule has 0 bridgehead atoms. The molecule has 1 aliphatic rings. The van der Waals surface area contributed by atoms with Crippen LogP contribution < -0.4 is 10.1 Å². The van der Waals surface area contributed by atoms with E-state index in [0.717, 1.165) is 33.4 Å². The predicted octanol–water partition coefficient (Wildman–Crippen LogP) is 3.95. The molecule has 1 heterocycles. The lowest BCUT2D eigenvalue weighted by molar-refractivity contribution is -0.135. The summed E-state index contributed by atoms with van der Waals surface area (Å²) >= 11 is 4.45. The minimum Gasteiger partial charge on any atom is -0.488 e. The van der Waals surface area contributed by atoms with Gasteiger partial charge in [0.25, 0.3) is 5.91 Å². The van der Waals surface area contributed by atoms with Crippen LogP contribution in [0.15, 0.2) is 68.1 Å². The molecule has 30 heavy (non-hydrogen) atoms. The van der Waals surface area contributed by atoms with Crippen molar-refractivity contribution in [3.63, 3.8) is 0 Å². The molecule has 1 amide bonds. The van der Waals surface area contributed by atoms with Crippen LogP contribution in [0.5, 0.6) is 5.75 Å². The normalized spacial score (nSPS) is 16.3. The summed E-state index contributed by atoms with van der Waals surface area (Å²) in [5, 5.41) is 10.9. The summed E-state index contributed by atoms with van der Waals surface area (Å²) in [6, 6.07) is 13.7. The van der Waals surface area contributed by atoms with Crippen LogP contribution in [0.4, 0.5) is 0 Å². The van der Waals surface area contributed by atoms with Gasteiger partial charge in [0.1, 0.15) is 12.4 Å². The first-order valence-electron chi connectivity index (χ1n) is 8.82. The molecule has 0 saturated carbocycles. The molecule has 3 rings (SSSR count). The lowest BCUT2D eigenvalue weighted by atomic mass is 10.1. The zero-order chi connectivity index (χ0) is 21.5. The van der Waals surface area contributed by atoms with Crippen LogP contribution in [-0.4, -0.2) is 30.4 Å². The Morgan fingerprint density at radius 3 is 2.73 bits per heavy atom. The highest BCUT2D eigenvalue weighted by atomic mass is 79.9. The smallest absolute Gasteiger partial charge is 0.331 e. The van der Waals surface area contributed by atoms with Crippen LogP contribution in [0.2, 0.25) is 0 Å². The number of thioether (sulfide) groups is 1. The van der Waals surface area contributed by atoms with E-state index in [-0.39, 0.29) is 10.1 Å². The van der Waals surface area contributed by atoms with Gasteiger partial charge in [-0.2, -0.15) is 5.10 Å². The van der Waals surface area contributed by atoms with Gasteiger partial charge < -0.3 is 9.47 Å². The maximum atomic E-state index is 11.8. The third-order valence-corrected chi connectivity index (χ3v) is 5.33. The molecule has 0 aliphatic carbocycles. The fourth-order valence-electron chi connectivity index (χ4n) is 2.38. The zero-order valence-corrected chi connectivity index (χ0v) is 18.6. The number of halogens is 1. The molecule has 0 spiro atoms. The Balaban J connectivity index is 1.70. The van der Waals surface area contributed by atoms with Crippen molar-refractivity contribution in [2.24, 2.45) is 10.2 Å². The van der Waals surface area contributed by atoms with Crippen LogP contribution in [-0.2, 0) is 20.9 Å². The molecule has 0 radical (unpaired) electrons. The Labute approximate surface area is 186 Å². The lowest BCUT2D eigenvalue weighted by Gasteiger charge is -2.09. The molecular weight excluding hydrogens is 470 g/mol. The Morgan fingerprint density at radius 2 is 2.00 bits per heavy atom. The standard InChI is InChI=1S/C21H18BrN3O4S/c1-13-3-5-14(6-4-13)12-29-17-8-7-16(22)9-15(17)11-23-25-21-24-20(27)18(30-21)10-19(26)28-2/h3-11H,12H2,1-2H3,(H,24,25,27)/b18-10+,23-11?. The van der Waals surface area contributed by atoms with Crippen molar-refractivity contribution >= 4 is 51.0 Å². The number of amidine groups is 1. The summed E-state index contributed by atoms with van der Waals surface area (Å²) in [7, 11) is 1.24. The highest BCUT2D eigenvalue weighted by molar-refractivity contribution is 9.10. The number of rotatable bonds is 6. The molecule has 1 aliphatic heterocycles. The molecular formula is C21H18BrN3O4S. The van der Waals surface area contributed by atoms with E-state index < -0.39 is 11.9 Å². The topological polar surface area (TPSA) is 89.3 Å². The highest BCUT2D eigenvalue weighted by Gasteiger charge is 2.25. The molecule has 7 nitrogen and oxygen atoms in total. The quantitative estimate of drug-likeness (QED) is 0.288. The number of carbonyl (C=O) groups is 2. The zero-order valence-electron chi connectivity index (χ0n) is 16.2. The van der Waals surface area contributed by atoms with Gasteiger partial charge in [-0.05, 0) is 42.4 Å². The van der Waals surface area contributed by atoms with E-state index in [0.29, 0.717) is 12.4 Å². The van der Waals surface area contributed by atoms with E-state index in [2.05, 4.69) is 36.2 Å². The van der Waals surface area contributed by atoms with Crippen molar-refractivity contribution in [2.45, 2.75) is 13.5 Å². The summed E-state index contributed by atoms with van der Waals surface area (Å²) in [5.74, 6) is -0.386. The van der Waals surface area contributed by atoms with Crippen molar-refractivity contribution in [3.8, 4) is 5.75 Å². The van der Waals surface area contributed by atoms with E-state index in [1.807, 2.05) is 49.4 Å². The first-order valence-corrected chi connectivity index (χ1v) is 10.4. The number of carbonyl (C=O) groups excluding carboxylic acids is 2. The molecule has 2 aromatic carbocycles. The maximum absolute atomic E-state index is 11.8. The third-order valence-electron chi connectivity index (χ3n) is 3.93. The van der Waals surface area contributed by atoms with Gasteiger partial charge in [-0.3, -0.25) is 10.1 Å². The molecule has 9 heteroatoms. The fourth-order valence-corrected chi connectivity index (χ4v) is 3.50. The number of esters is 1. The summed E-state index contributed by atoms with van der Waals surface area (Å²) in [5.41, 5.74) is 2.97. The van der Waals surface area contributed by atoms with Gasteiger partial charge in [-0.15, -0.1) is 5.10 Å². The number of benzene rings is 2. The van der Waals surface area contributed by atoms with Crippen molar-refractivity contribution in [1.82, 2.24) is 5.32 Å². The first kappa shape index (κ1) is 21.8. The van der Waals surface area contributed by atoms with Crippen LogP contribution in [0.25, 0.3) is 0 Å². The number of nitrogens with one attached hydrogen (secondary N) is 1. The molecule has 154 valence electrons. The second kappa shape index (κ2) is 10.2. The summed E-state index contributed by atoms with van der Waals surface area (Å²) in [4.78, 5) is 23.3. The van der Waals surface area contributed by atoms with Gasteiger partial charge in [0, 0.05) is 16.1 Å². The average Bonchev–Trinajstić information content (AvgIpc) is 3.07. The molecule has 1 N–H and O–H groups in total. The second-order valence-corrected chi connectivity index (χ2v) is 8.14. The third kappa shape index (κ3) is 6.04. The van der Waals surface area contributed by atoms with E-state index >= 15 is 0 Å². The Bertz CT molecular complexity index is 1050. The lowest BCUT2D eigenvalue weighted by Crippen LogP contribution is -2.19. The van der Waals surface area contributed by atoms with Gasteiger partial charge in [-0.1, -0.05) is 45.8 Å². The Kier molecular flexibility index (Phi) is 7.42. The van der Waals surface area contributed by atoms with Gasteiger partial charge >= 0.3 is 5.97 Å². The number of hydrogen-bond donors (Lipinski definition) is 1. The van der Waals surface area contributed by atoms with Gasteiger partial charge in [-0.25, -0.2) is 4.79 Å². The van der Waals surface area contributed by atoms with E-state index in [4.69, 9.17) is 4.74 Å². The van der Waals surface area contributed by atoms with Gasteiger partial charge in [0.15, 0.2) is 5.17 Å². The van der Waals surface area contributed by atoms with Crippen LogP contribution in [0.3, 0.4) is 0 Å². The number of ether oxygens (including phenoxy) is 2. The highest BCUT2D eigenvalue weighted by Crippen LogP contribution is 2.25. The average molecular weight is 488 g/mol. The largest absolute Gasteiger partial charge is 0.488 e. The number of aryl methyl sites for hydroxylation is 1. The number of amides is 1. The number of nitrogens with zero attached hydrogens (tertiary/aromatic N) is 2. The second-order valence-electron chi connectivity index (χ2n) is 6.19. The SMILES string of the molecule is COC(=O)/C=C1/S/C(=N\N=Cc2cc(Br)ccc2OCc2ccc(C)cc2)NC1=O. The number of methoxy groups -OCH3 is 1. The molecule has 2 aromatic rings. The van der Waals surface area contributed by atoms with Gasteiger partial charge in [0.2, 0.25) is 0 Å². The van der Waals surface area contributed by atoms with Crippen molar-refractivity contribution in [3.05, 3.63) is 74.6 Å². The molecule has 0 unspecified atom stereocenters. The van der Waals surface area contributed by atoms with Crippen LogP contribution in [0.1, 0.15) is 16.7 Å². The van der Waals surface area contributed by atoms with Gasteiger partial charge in [0.05, 0.1) is 18.2 Å². The molecule has 0 aromatic heterocycles. The summed E-state index contributed by atoms with van der Waals surface area (Å²) in [6.07, 6.45) is 2.65.